The number of nitrogens with zero attached hydrogens (tertiary/aromatic N) is 1. The molecule has 37 heavy (non-hydrogen) atoms. The summed E-state index contributed by atoms with van der Waals surface area (Å²) in [7, 11) is 0. The van der Waals surface area contributed by atoms with Gasteiger partial charge in [-0.25, -0.2) is 0 Å². The van der Waals surface area contributed by atoms with Crippen molar-refractivity contribution in [3.05, 3.63) is 111 Å². The second kappa shape index (κ2) is 11.3. The van der Waals surface area contributed by atoms with Gasteiger partial charge in [0.2, 0.25) is 0 Å². The maximum Gasteiger partial charge on any atom is 0.293 e. The van der Waals surface area contributed by atoms with Gasteiger partial charge in [-0.05, 0) is 59.1 Å². The predicted octanol–water partition coefficient (Wildman–Crippen LogP) is 7.84. The normalized spacial score (nSPS) is 14.5. The molecule has 0 N–H and O–H groups in total. The second-order valence-corrected chi connectivity index (χ2v) is 10.1. The predicted molar refractivity (Wildman–Crippen MR) is 149 cm³/mol. The summed E-state index contributed by atoms with van der Waals surface area (Å²) in [6.45, 7) is 0.638. The van der Waals surface area contributed by atoms with Crippen LogP contribution >= 0.6 is 35.0 Å². The summed E-state index contributed by atoms with van der Waals surface area (Å²) in [5.74, 6) is 0.996. The molecular formula is C29H21Cl2NO4S. The number of thioether (sulfide) groups is 1. The molecule has 2 amide bonds. The maximum absolute atomic E-state index is 12.9. The summed E-state index contributed by atoms with van der Waals surface area (Å²) < 4.78 is 11.8. The molecule has 186 valence electrons. The van der Waals surface area contributed by atoms with Crippen LogP contribution in [-0.4, -0.2) is 29.2 Å². The van der Waals surface area contributed by atoms with E-state index in [-0.39, 0.29) is 30.9 Å². The number of imide groups is 1. The first-order valence-electron chi connectivity index (χ1n) is 11.5. The largest absolute Gasteiger partial charge is 0.491 e. The number of fused-ring (bicyclic) bond motifs is 1. The van der Waals surface area contributed by atoms with Gasteiger partial charge < -0.3 is 9.47 Å². The average molecular weight is 550 g/mol. The molecule has 0 aliphatic carbocycles. The van der Waals surface area contributed by atoms with E-state index in [1.807, 2.05) is 66.7 Å². The van der Waals surface area contributed by atoms with Crippen molar-refractivity contribution >= 4 is 63.0 Å². The summed E-state index contributed by atoms with van der Waals surface area (Å²) in [5, 5.41) is 2.82. The van der Waals surface area contributed by atoms with Crippen LogP contribution in [0.2, 0.25) is 10.0 Å². The quantitative estimate of drug-likeness (QED) is 0.209. The van der Waals surface area contributed by atoms with E-state index in [0.717, 1.165) is 39.4 Å². The number of benzene rings is 4. The molecule has 0 unspecified atom stereocenters. The molecule has 1 aliphatic heterocycles. The molecule has 0 spiro atoms. The lowest BCUT2D eigenvalue weighted by Crippen LogP contribution is -2.32. The Labute approximate surface area is 228 Å². The lowest BCUT2D eigenvalue weighted by atomic mass is 10.1. The smallest absolute Gasteiger partial charge is 0.293 e. The summed E-state index contributed by atoms with van der Waals surface area (Å²) in [6.07, 6.45) is 1.69. The van der Waals surface area contributed by atoms with Gasteiger partial charge in [0.25, 0.3) is 11.1 Å². The van der Waals surface area contributed by atoms with Gasteiger partial charge in [-0.15, -0.1) is 0 Å². The van der Waals surface area contributed by atoms with E-state index in [9.17, 15) is 9.59 Å². The van der Waals surface area contributed by atoms with Crippen LogP contribution in [0.15, 0.2) is 89.8 Å². The third-order valence-corrected chi connectivity index (χ3v) is 7.26. The highest BCUT2D eigenvalue weighted by molar-refractivity contribution is 8.18. The fraction of sp³-hybridized carbons (Fsp3) is 0.103. The van der Waals surface area contributed by atoms with E-state index in [1.54, 1.807) is 24.3 Å². The summed E-state index contributed by atoms with van der Waals surface area (Å²) in [4.78, 5) is 27.1. The van der Waals surface area contributed by atoms with Gasteiger partial charge >= 0.3 is 0 Å². The minimum Gasteiger partial charge on any atom is -0.491 e. The van der Waals surface area contributed by atoms with E-state index >= 15 is 0 Å². The highest BCUT2D eigenvalue weighted by atomic mass is 35.5. The van der Waals surface area contributed by atoms with Crippen molar-refractivity contribution in [2.45, 2.75) is 6.61 Å². The van der Waals surface area contributed by atoms with Crippen molar-refractivity contribution in [3.8, 4) is 11.5 Å². The molecule has 5 rings (SSSR count). The van der Waals surface area contributed by atoms with Gasteiger partial charge in [0.1, 0.15) is 24.7 Å². The highest BCUT2D eigenvalue weighted by Crippen LogP contribution is 2.33. The van der Waals surface area contributed by atoms with Gasteiger partial charge in [-0.2, -0.15) is 0 Å². The van der Waals surface area contributed by atoms with Crippen LogP contribution in [0.4, 0.5) is 4.79 Å². The lowest BCUT2D eigenvalue weighted by Gasteiger charge is -2.14. The van der Waals surface area contributed by atoms with E-state index in [1.165, 1.54) is 4.90 Å². The van der Waals surface area contributed by atoms with Crippen molar-refractivity contribution in [2.75, 3.05) is 13.2 Å². The SMILES string of the molecule is O=C1S/C(=C\c2cccc(OCc3ccc(Cl)cc3Cl)c2)C(=O)N1CCOc1cccc2ccccc12. The van der Waals surface area contributed by atoms with E-state index in [0.29, 0.717) is 20.7 Å². The first kappa shape index (κ1) is 25.2. The summed E-state index contributed by atoms with van der Waals surface area (Å²) in [6, 6.07) is 26.3. The number of halogens is 2. The van der Waals surface area contributed by atoms with Crippen LogP contribution in [0.3, 0.4) is 0 Å². The maximum atomic E-state index is 12.9. The number of ether oxygens (including phenoxy) is 2. The zero-order valence-electron chi connectivity index (χ0n) is 19.5. The van der Waals surface area contributed by atoms with Crippen LogP contribution in [0.1, 0.15) is 11.1 Å². The zero-order chi connectivity index (χ0) is 25.8. The fourth-order valence-electron chi connectivity index (χ4n) is 3.91. The van der Waals surface area contributed by atoms with Gasteiger partial charge in [0.05, 0.1) is 11.4 Å². The van der Waals surface area contributed by atoms with Gasteiger partial charge in [-0.1, -0.05) is 77.8 Å². The van der Waals surface area contributed by atoms with E-state index in [2.05, 4.69) is 0 Å². The molecule has 1 heterocycles. The Balaban J connectivity index is 1.22. The Kier molecular flexibility index (Phi) is 7.70. The Morgan fingerprint density at radius 2 is 1.68 bits per heavy atom. The highest BCUT2D eigenvalue weighted by Gasteiger charge is 2.34. The van der Waals surface area contributed by atoms with Gasteiger partial charge in [-0.3, -0.25) is 14.5 Å². The molecule has 0 atom stereocenters. The molecule has 0 aromatic heterocycles. The number of carbonyl (C=O) groups is 2. The molecule has 0 saturated carbocycles. The minimum atomic E-state index is -0.337. The van der Waals surface area contributed by atoms with Crippen LogP contribution in [0.5, 0.6) is 11.5 Å². The van der Waals surface area contributed by atoms with Crippen molar-refractivity contribution in [3.63, 3.8) is 0 Å². The second-order valence-electron chi connectivity index (χ2n) is 8.26. The Morgan fingerprint density at radius 3 is 2.54 bits per heavy atom. The third kappa shape index (κ3) is 5.93. The molecule has 4 aromatic rings. The zero-order valence-corrected chi connectivity index (χ0v) is 21.9. The summed E-state index contributed by atoms with van der Waals surface area (Å²) in [5.41, 5.74) is 1.56. The van der Waals surface area contributed by atoms with Crippen molar-refractivity contribution in [1.82, 2.24) is 4.90 Å². The topological polar surface area (TPSA) is 55.8 Å². The number of carbonyl (C=O) groups excluding carboxylic acids is 2. The molecule has 1 saturated heterocycles. The van der Waals surface area contributed by atoms with Crippen molar-refractivity contribution in [1.29, 1.82) is 0 Å². The fourth-order valence-corrected chi connectivity index (χ4v) is 5.23. The van der Waals surface area contributed by atoms with Crippen molar-refractivity contribution < 1.29 is 19.1 Å². The number of rotatable bonds is 8. The summed E-state index contributed by atoms with van der Waals surface area (Å²) >= 11 is 13.1. The van der Waals surface area contributed by atoms with Crippen LogP contribution < -0.4 is 9.47 Å². The Morgan fingerprint density at radius 1 is 0.865 bits per heavy atom. The molecule has 8 heteroatoms. The van der Waals surface area contributed by atoms with E-state index < -0.39 is 0 Å². The Bertz CT molecular complexity index is 1520. The molecule has 0 bridgehead atoms. The molecule has 4 aromatic carbocycles. The molecular weight excluding hydrogens is 529 g/mol. The van der Waals surface area contributed by atoms with E-state index in [4.69, 9.17) is 32.7 Å². The first-order valence-corrected chi connectivity index (χ1v) is 13.1. The molecule has 0 radical (unpaired) electrons. The third-order valence-electron chi connectivity index (χ3n) is 5.76. The van der Waals surface area contributed by atoms with Crippen LogP contribution in [0.25, 0.3) is 16.8 Å². The van der Waals surface area contributed by atoms with Gasteiger partial charge in [0.15, 0.2) is 0 Å². The minimum absolute atomic E-state index is 0.163. The molecule has 5 nitrogen and oxygen atoms in total. The average Bonchev–Trinajstić information content (AvgIpc) is 3.16. The number of hydrogen-bond acceptors (Lipinski definition) is 5. The standard InChI is InChI=1S/C29H21Cl2NO4S/c30-22-12-11-21(25(31)17-22)18-36-23-8-3-5-19(15-23)16-27-28(33)32(29(34)37-27)13-14-35-26-10-4-7-20-6-1-2-9-24(20)26/h1-12,15-17H,13-14,18H2/b27-16-. The number of hydrogen-bond donors (Lipinski definition) is 0. The Hall–Kier alpha value is -3.45. The monoisotopic (exact) mass is 549 g/mol. The molecule has 1 aliphatic rings. The van der Waals surface area contributed by atoms with Crippen LogP contribution in [-0.2, 0) is 11.4 Å². The van der Waals surface area contributed by atoms with Crippen LogP contribution in [0, 0.1) is 0 Å². The molecule has 1 fully saturated rings. The first-order chi connectivity index (χ1) is 18.0. The lowest BCUT2D eigenvalue weighted by molar-refractivity contribution is -0.123. The number of amides is 2. The van der Waals surface area contributed by atoms with Crippen molar-refractivity contribution in [2.24, 2.45) is 0 Å². The van der Waals surface area contributed by atoms with Gasteiger partial charge in [0, 0.05) is 21.0 Å².